The number of nitrogens with zero attached hydrogens (tertiary/aromatic N) is 3. The Morgan fingerprint density at radius 3 is 2.62 bits per heavy atom. The summed E-state index contributed by atoms with van der Waals surface area (Å²) in [5, 5.41) is 7.84. The Morgan fingerprint density at radius 2 is 1.96 bits per heavy atom. The predicted octanol–water partition coefficient (Wildman–Crippen LogP) is 3.38. The Bertz CT molecular complexity index is 928. The molecular formula is C18H17F3N4O. The second-order valence-electron chi connectivity index (χ2n) is 6.26. The quantitative estimate of drug-likeness (QED) is 0.759. The molecule has 1 unspecified atom stereocenters. The van der Waals surface area contributed by atoms with Gasteiger partial charge in [0, 0.05) is 30.4 Å². The molecule has 8 heteroatoms. The van der Waals surface area contributed by atoms with Crippen molar-refractivity contribution in [1.82, 2.24) is 19.9 Å². The van der Waals surface area contributed by atoms with Crippen LogP contribution in [0.5, 0.6) is 0 Å². The van der Waals surface area contributed by atoms with Crippen molar-refractivity contribution in [3.8, 4) is 11.3 Å². The summed E-state index contributed by atoms with van der Waals surface area (Å²) >= 11 is 0. The van der Waals surface area contributed by atoms with Gasteiger partial charge in [0.15, 0.2) is 5.65 Å². The first-order chi connectivity index (χ1) is 12.4. The largest absolute Gasteiger partial charge is 0.416 e. The van der Waals surface area contributed by atoms with E-state index in [-0.39, 0.29) is 6.10 Å². The van der Waals surface area contributed by atoms with Crippen molar-refractivity contribution < 1.29 is 17.9 Å². The second-order valence-corrected chi connectivity index (χ2v) is 6.26. The fourth-order valence-corrected chi connectivity index (χ4v) is 3.08. The summed E-state index contributed by atoms with van der Waals surface area (Å²) in [6.07, 6.45) is -4.50. The van der Waals surface area contributed by atoms with Gasteiger partial charge >= 0.3 is 6.18 Å². The number of alkyl halides is 3. The number of aromatic nitrogens is 3. The average molecular weight is 362 g/mol. The summed E-state index contributed by atoms with van der Waals surface area (Å²) in [5.41, 5.74) is 2.85. The predicted molar refractivity (Wildman–Crippen MR) is 89.7 cm³/mol. The van der Waals surface area contributed by atoms with Crippen molar-refractivity contribution in [2.24, 2.45) is 0 Å². The number of hydrogen-bond acceptors (Lipinski definition) is 4. The number of aryl methyl sites for hydroxylation is 1. The molecule has 3 heterocycles. The molecule has 0 amide bonds. The van der Waals surface area contributed by atoms with E-state index in [4.69, 9.17) is 4.74 Å². The van der Waals surface area contributed by atoms with Crippen molar-refractivity contribution >= 4 is 5.65 Å². The van der Waals surface area contributed by atoms with Gasteiger partial charge in [-0.25, -0.2) is 9.50 Å². The summed E-state index contributed by atoms with van der Waals surface area (Å²) in [6, 6.07) is 8.68. The van der Waals surface area contributed by atoms with Crippen molar-refractivity contribution in [1.29, 1.82) is 0 Å². The fraction of sp³-hybridized carbons (Fsp3) is 0.333. The number of morpholine rings is 1. The van der Waals surface area contributed by atoms with Gasteiger partial charge in [0.2, 0.25) is 0 Å². The Labute approximate surface area is 147 Å². The smallest absolute Gasteiger partial charge is 0.369 e. The molecule has 1 aliphatic heterocycles. The molecule has 3 aromatic rings. The molecule has 1 fully saturated rings. The van der Waals surface area contributed by atoms with Gasteiger partial charge in [0.1, 0.15) is 6.10 Å². The molecule has 26 heavy (non-hydrogen) atoms. The van der Waals surface area contributed by atoms with E-state index in [1.54, 1.807) is 10.6 Å². The Kier molecular flexibility index (Phi) is 4.16. The lowest BCUT2D eigenvalue weighted by Gasteiger charge is -2.24. The minimum atomic E-state index is -4.35. The van der Waals surface area contributed by atoms with E-state index in [2.05, 4.69) is 15.4 Å². The third-order valence-corrected chi connectivity index (χ3v) is 4.35. The Morgan fingerprint density at radius 1 is 1.19 bits per heavy atom. The van der Waals surface area contributed by atoms with Crippen LogP contribution in [0.2, 0.25) is 0 Å². The Balaban J connectivity index is 1.75. The number of rotatable bonds is 2. The van der Waals surface area contributed by atoms with E-state index in [0.717, 1.165) is 30.1 Å². The van der Waals surface area contributed by atoms with Crippen LogP contribution in [-0.4, -0.2) is 34.3 Å². The molecule has 1 N–H and O–H groups in total. The summed E-state index contributed by atoms with van der Waals surface area (Å²) in [5.74, 6) is 0. The van der Waals surface area contributed by atoms with Gasteiger partial charge < -0.3 is 10.1 Å². The molecule has 1 saturated heterocycles. The van der Waals surface area contributed by atoms with Crippen LogP contribution in [-0.2, 0) is 10.9 Å². The fourth-order valence-electron chi connectivity index (χ4n) is 3.08. The zero-order valence-corrected chi connectivity index (χ0v) is 14.0. The van der Waals surface area contributed by atoms with Crippen LogP contribution in [0.25, 0.3) is 16.9 Å². The molecule has 2 aromatic heterocycles. The zero-order chi connectivity index (χ0) is 18.3. The molecule has 136 valence electrons. The first-order valence-electron chi connectivity index (χ1n) is 8.29. The highest BCUT2D eigenvalue weighted by Gasteiger charge is 2.30. The van der Waals surface area contributed by atoms with E-state index >= 15 is 0 Å². The second kappa shape index (κ2) is 6.37. The number of benzene rings is 1. The molecule has 1 aliphatic rings. The lowest BCUT2D eigenvalue weighted by atomic mass is 10.1. The van der Waals surface area contributed by atoms with Crippen LogP contribution < -0.4 is 5.32 Å². The maximum absolute atomic E-state index is 12.7. The number of fused-ring (bicyclic) bond motifs is 1. The maximum Gasteiger partial charge on any atom is 0.416 e. The molecule has 1 atom stereocenters. The standard InChI is InChI=1S/C18H17F3N4O/c1-11-8-15(16-10-22-6-7-26-16)25-17(23-11)9-14(24-25)12-2-4-13(5-3-12)18(19,20)21/h2-5,8-9,16,22H,6-7,10H2,1H3. The van der Waals surface area contributed by atoms with Crippen LogP contribution in [0.1, 0.15) is 23.1 Å². The van der Waals surface area contributed by atoms with Crippen LogP contribution >= 0.6 is 0 Å². The van der Waals surface area contributed by atoms with Gasteiger partial charge in [0.25, 0.3) is 0 Å². The first-order valence-corrected chi connectivity index (χ1v) is 8.29. The highest BCUT2D eigenvalue weighted by molar-refractivity contribution is 5.64. The lowest BCUT2D eigenvalue weighted by molar-refractivity contribution is -0.137. The van der Waals surface area contributed by atoms with Crippen LogP contribution in [0.3, 0.4) is 0 Å². The first kappa shape index (κ1) is 17.0. The topological polar surface area (TPSA) is 51.5 Å². The van der Waals surface area contributed by atoms with Gasteiger partial charge in [0.05, 0.1) is 23.6 Å². The van der Waals surface area contributed by atoms with Gasteiger partial charge in [-0.15, -0.1) is 0 Å². The minimum absolute atomic E-state index is 0.145. The zero-order valence-electron chi connectivity index (χ0n) is 14.0. The van der Waals surface area contributed by atoms with Crippen LogP contribution in [0, 0.1) is 6.92 Å². The van der Waals surface area contributed by atoms with Gasteiger partial charge in [-0.2, -0.15) is 18.3 Å². The van der Waals surface area contributed by atoms with Gasteiger partial charge in [-0.3, -0.25) is 0 Å². The molecule has 5 nitrogen and oxygen atoms in total. The molecule has 0 radical (unpaired) electrons. The van der Waals surface area contributed by atoms with Crippen LogP contribution in [0.15, 0.2) is 36.4 Å². The molecule has 0 aliphatic carbocycles. The molecule has 0 bridgehead atoms. The van der Waals surface area contributed by atoms with E-state index < -0.39 is 11.7 Å². The van der Waals surface area contributed by atoms with Crippen molar-refractivity contribution in [2.45, 2.75) is 19.2 Å². The normalized spacial score (nSPS) is 18.4. The van der Waals surface area contributed by atoms with Crippen molar-refractivity contribution in [2.75, 3.05) is 19.7 Å². The van der Waals surface area contributed by atoms with E-state index in [1.165, 1.54) is 12.1 Å². The third-order valence-electron chi connectivity index (χ3n) is 4.35. The molecule has 0 saturated carbocycles. The highest BCUT2D eigenvalue weighted by atomic mass is 19.4. The van der Waals surface area contributed by atoms with Crippen LogP contribution in [0.4, 0.5) is 13.2 Å². The summed E-state index contributed by atoms with van der Waals surface area (Å²) in [6.45, 7) is 3.98. The monoisotopic (exact) mass is 362 g/mol. The number of hydrogen-bond donors (Lipinski definition) is 1. The SMILES string of the molecule is Cc1cc(C2CNCCO2)n2nc(-c3ccc(C(F)(F)F)cc3)cc2n1. The third kappa shape index (κ3) is 3.17. The van der Waals surface area contributed by atoms with E-state index in [0.29, 0.717) is 30.1 Å². The number of halogens is 3. The summed E-state index contributed by atoms with van der Waals surface area (Å²) < 4.78 is 45.8. The van der Waals surface area contributed by atoms with E-state index in [9.17, 15) is 13.2 Å². The minimum Gasteiger partial charge on any atom is -0.369 e. The molecule has 1 aromatic carbocycles. The molecule has 0 spiro atoms. The number of ether oxygens (including phenoxy) is 1. The van der Waals surface area contributed by atoms with Gasteiger partial charge in [-0.05, 0) is 25.1 Å². The van der Waals surface area contributed by atoms with Gasteiger partial charge in [-0.1, -0.05) is 12.1 Å². The molecule has 4 rings (SSSR count). The van der Waals surface area contributed by atoms with Crippen molar-refractivity contribution in [3.63, 3.8) is 0 Å². The lowest BCUT2D eigenvalue weighted by Crippen LogP contribution is -2.34. The van der Waals surface area contributed by atoms with Crippen molar-refractivity contribution in [3.05, 3.63) is 53.3 Å². The summed E-state index contributed by atoms with van der Waals surface area (Å²) in [7, 11) is 0. The summed E-state index contributed by atoms with van der Waals surface area (Å²) in [4.78, 5) is 4.48. The maximum atomic E-state index is 12.7. The average Bonchev–Trinajstić information content (AvgIpc) is 3.05. The molecular weight excluding hydrogens is 345 g/mol. The van der Waals surface area contributed by atoms with E-state index in [1.807, 2.05) is 13.0 Å². The number of nitrogens with one attached hydrogen (secondary N) is 1. The Hall–Kier alpha value is -2.45. The highest BCUT2D eigenvalue weighted by Crippen LogP contribution is 2.31.